The summed E-state index contributed by atoms with van der Waals surface area (Å²) < 4.78 is 2.80. The molecule has 2 aromatic heterocycles. The summed E-state index contributed by atoms with van der Waals surface area (Å²) in [6, 6.07) is 0. The van der Waals surface area contributed by atoms with Crippen LogP contribution in [0.3, 0.4) is 0 Å². The highest BCUT2D eigenvalue weighted by Gasteiger charge is 2.04. The highest BCUT2D eigenvalue weighted by Crippen LogP contribution is 1.95. The Kier molecular flexibility index (Phi) is 9.26. The minimum atomic E-state index is -1.82. The molecule has 0 unspecified atom stereocenters. The van der Waals surface area contributed by atoms with E-state index in [1.165, 1.54) is 22.7 Å². The number of aromatic amines is 4. The molecule has 0 saturated carbocycles. The van der Waals surface area contributed by atoms with Gasteiger partial charge in [-0.3, -0.25) is 20.4 Å². The van der Waals surface area contributed by atoms with E-state index in [-0.39, 0.29) is 0 Å². The predicted octanol–water partition coefficient (Wildman–Crippen LogP) is 2.88. The predicted molar refractivity (Wildman–Crippen MR) is 84.6 cm³/mol. The van der Waals surface area contributed by atoms with Gasteiger partial charge in [-0.2, -0.15) is 0 Å². The monoisotopic (exact) mass is 390 g/mol. The van der Waals surface area contributed by atoms with Crippen molar-refractivity contribution in [3.8, 4) is 0 Å². The Hall–Kier alpha value is -1.06. The standard InChI is InChI=1S/2C2H2N2S3.C2H2O4/c2*5-1-3-4-2(6)7-1;3-1(4)2(5)6/h2*(H,3,5)(H,4,6);(H,3,4)(H,5,6). The first kappa shape index (κ1) is 18.9. The third kappa shape index (κ3) is 9.82. The second-order valence-electron chi connectivity index (χ2n) is 2.46. The van der Waals surface area contributed by atoms with Crippen molar-refractivity contribution in [2.45, 2.75) is 0 Å². The zero-order valence-electron chi connectivity index (χ0n) is 9.16. The van der Waals surface area contributed by atoms with E-state index >= 15 is 0 Å². The van der Waals surface area contributed by atoms with Crippen molar-refractivity contribution in [3.05, 3.63) is 15.8 Å². The lowest BCUT2D eigenvalue weighted by molar-refractivity contribution is -0.159. The largest absolute Gasteiger partial charge is 0.473 e. The molecule has 0 aliphatic carbocycles. The maximum absolute atomic E-state index is 9.10. The van der Waals surface area contributed by atoms with E-state index in [9.17, 15) is 0 Å². The lowest BCUT2D eigenvalue weighted by Crippen LogP contribution is -2.09. The van der Waals surface area contributed by atoms with Crippen LogP contribution in [0.15, 0.2) is 0 Å². The number of aromatic nitrogens is 4. The molecule has 0 bridgehead atoms. The van der Waals surface area contributed by atoms with Crippen molar-refractivity contribution in [1.29, 1.82) is 0 Å². The zero-order chi connectivity index (χ0) is 15.7. The van der Waals surface area contributed by atoms with Crippen LogP contribution in [-0.2, 0) is 9.59 Å². The second kappa shape index (κ2) is 9.78. The zero-order valence-corrected chi connectivity index (χ0v) is 14.1. The first-order valence-corrected chi connectivity index (χ1v) is 7.50. The molecule has 0 atom stereocenters. The van der Waals surface area contributed by atoms with Gasteiger partial charge in [-0.25, -0.2) is 9.59 Å². The van der Waals surface area contributed by atoms with Crippen LogP contribution in [0, 0.1) is 15.8 Å². The van der Waals surface area contributed by atoms with E-state index < -0.39 is 11.9 Å². The number of nitrogens with one attached hydrogen (secondary N) is 4. The van der Waals surface area contributed by atoms with Crippen molar-refractivity contribution >= 4 is 83.5 Å². The van der Waals surface area contributed by atoms with E-state index in [2.05, 4.69) is 20.4 Å². The minimum absolute atomic E-state index is 0.699. The van der Waals surface area contributed by atoms with Crippen LogP contribution in [0.4, 0.5) is 0 Å². The quantitative estimate of drug-likeness (QED) is 0.298. The number of H-pyrrole nitrogens is 4. The summed E-state index contributed by atoms with van der Waals surface area (Å²) in [6.07, 6.45) is 0. The molecule has 8 nitrogen and oxygen atoms in total. The molecule has 0 aliphatic heterocycles. The summed E-state index contributed by atoms with van der Waals surface area (Å²) in [5, 5.41) is 25.5. The van der Waals surface area contributed by atoms with Gasteiger partial charge in [0.15, 0.2) is 15.8 Å². The first-order chi connectivity index (χ1) is 9.22. The minimum Gasteiger partial charge on any atom is -0.473 e. The molecule has 0 amide bonds. The van der Waals surface area contributed by atoms with Crippen LogP contribution >= 0.6 is 71.5 Å². The summed E-state index contributed by atoms with van der Waals surface area (Å²) in [6.45, 7) is 0. The Morgan fingerprint density at radius 3 is 0.950 bits per heavy atom. The maximum Gasteiger partial charge on any atom is 0.414 e. The lowest BCUT2D eigenvalue weighted by atomic mass is 10.7. The van der Waals surface area contributed by atoms with E-state index in [1.54, 1.807) is 0 Å². The molecule has 0 saturated heterocycles. The Morgan fingerprint density at radius 2 is 0.900 bits per heavy atom. The van der Waals surface area contributed by atoms with Gasteiger partial charge in [0.2, 0.25) is 0 Å². The third-order valence-electron chi connectivity index (χ3n) is 1.09. The molecular formula is C6H6N4O4S6. The van der Waals surface area contributed by atoms with Crippen molar-refractivity contribution in [2.24, 2.45) is 0 Å². The fraction of sp³-hybridized carbons (Fsp3) is 0. The number of aliphatic carboxylic acids is 2. The molecule has 20 heavy (non-hydrogen) atoms. The molecule has 0 radical (unpaired) electrons. The number of carbonyl (C=O) groups is 2. The van der Waals surface area contributed by atoms with E-state index in [0.717, 1.165) is 0 Å². The number of rotatable bonds is 0. The number of carboxylic acids is 2. The molecule has 0 aromatic carbocycles. The highest BCUT2D eigenvalue weighted by molar-refractivity contribution is 7.76. The van der Waals surface area contributed by atoms with Crippen LogP contribution in [0.5, 0.6) is 0 Å². The van der Waals surface area contributed by atoms with Crippen molar-refractivity contribution in [2.75, 3.05) is 0 Å². The summed E-state index contributed by atoms with van der Waals surface area (Å²) >= 11 is 21.5. The van der Waals surface area contributed by atoms with Crippen molar-refractivity contribution in [3.63, 3.8) is 0 Å². The Morgan fingerprint density at radius 1 is 0.700 bits per heavy atom. The van der Waals surface area contributed by atoms with Gasteiger partial charge in [-0.15, -0.1) is 0 Å². The van der Waals surface area contributed by atoms with E-state index in [4.69, 9.17) is 68.7 Å². The average molecular weight is 391 g/mol. The smallest absolute Gasteiger partial charge is 0.414 e. The Balaban J connectivity index is 0.000000272. The van der Waals surface area contributed by atoms with Crippen molar-refractivity contribution < 1.29 is 19.8 Å². The first-order valence-electron chi connectivity index (χ1n) is 4.24. The lowest BCUT2D eigenvalue weighted by Gasteiger charge is -1.72. The molecule has 6 N–H and O–H groups in total. The molecular weight excluding hydrogens is 384 g/mol. The highest BCUT2D eigenvalue weighted by atomic mass is 32.2. The van der Waals surface area contributed by atoms with Crippen LogP contribution in [-0.4, -0.2) is 42.5 Å². The van der Waals surface area contributed by atoms with Gasteiger partial charge in [0, 0.05) is 0 Å². The van der Waals surface area contributed by atoms with Crippen LogP contribution in [0.1, 0.15) is 0 Å². The molecule has 14 heteroatoms. The van der Waals surface area contributed by atoms with E-state index in [0.29, 0.717) is 15.8 Å². The van der Waals surface area contributed by atoms with Crippen LogP contribution in [0.2, 0.25) is 0 Å². The molecule has 0 aliphatic rings. The number of hydrogen-bond acceptors (Lipinski definition) is 8. The molecule has 2 aromatic rings. The van der Waals surface area contributed by atoms with Crippen molar-refractivity contribution in [1.82, 2.24) is 20.4 Å². The van der Waals surface area contributed by atoms with Crippen LogP contribution < -0.4 is 0 Å². The average Bonchev–Trinajstić information content (AvgIpc) is 2.89. The summed E-state index contributed by atoms with van der Waals surface area (Å²) in [7, 11) is 0. The Labute approximate surface area is 139 Å². The summed E-state index contributed by atoms with van der Waals surface area (Å²) in [4.78, 5) is 18.2. The molecule has 2 rings (SSSR count). The van der Waals surface area contributed by atoms with Gasteiger partial charge < -0.3 is 10.2 Å². The molecule has 0 spiro atoms. The fourth-order valence-corrected chi connectivity index (χ4v) is 2.74. The topological polar surface area (TPSA) is 138 Å². The SMILES string of the molecule is O=C(O)C(=O)O.S=c1[nH][nH]c(=S)s1.S=c1[nH][nH]c(=S)s1. The van der Waals surface area contributed by atoms with Gasteiger partial charge in [-0.1, -0.05) is 22.7 Å². The number of hydrogen-bond donors (Lipinski definition) is 6. The Bertz CT molecular complexity index is 659. The van der Waals surface area contributed by atoms with Gasteiger partial charge in [0.1, 0.15) is 0 Å². The van der Waals surface area contributed by atoms with Crippen LogP contribution in [0.25, 0.3) is 0 Å². The summed E-state index contributed by atoms with van der Waals surface area (Å²) in [5.74, 6) is -3.65. The molecule has 2 heterocycles. The van der Waals surface area contributed by atoms with Gasteiger partial charge in [0.05, 0.1) is 0 Å². The summed E-state index contributed by atoms with van der Waals surface area (Å²) in [5.41, 5.74) is 0. The van der Waals surface area contributed by atoms with Gasteiger partial charge in [0.25, 0.3) is 0 Å². The van der Waals surface area contributed by atoms with E-state index in [1.807, 2.05) is 0 Å². The van der Waals surface area contributed by atoms with Gasteiger partial charge >= 0.3 is 11.9 Å². The fourth-order valence-electron chi connectivity index (χ4n) is 0.475. The molecule has 110 valence electrons. The number of carboxylic acid groups (broad SMARTS) is 2. The second-order valence-corrected chi connectivity index (χ2v) is 7.17. The maximum atomic E-state index is 9.10. The molecule has 0 fully saturated rings. The normalized spacial score (nSPS) is 8.60. The van der Waals surface area contributed by atoms with Gasteiger partial charge in [-0.05, 0) is 48.9 Å². The third-order valence-corrected chi connectivity index (χ3v) is 3.65.